The molecule has 1 aromatic carbocycles. The molecule has 0 aliphatic carbocycles. The first kappa shape index (κ1) is 11.8. The van der Waals surface area contributed by atoms with Gasteiger partial charge in [-0.2, -0.15) is 0 Å². The van der Waals surface area contributed by atoms with Gasteiger partial charge in [-0.1, -0.05) is 37.3 Å². The van der Waals surface area contributed by atoms with E-state index in [4.69, 9.17) is 0 Å². The van der Waals surface area contributed by atoms with Crippen LogP contribution in [0.1, 0.15) is 36.5 Å². The third-order valence-corrected chi connectivity index (χ3v) is 3.24. The summed E-state index contributed by atoms with van der Waals surface area (Å²) in [5.41, 5.74) is 0.702. The molecule has 17 heavy (non-hydrogen) atoms. The molecule has 3 nitrogen and oxygen atoms in total. The maximum absolute atomic E-state index is 12.3. The molecule has 0 aromatic heterocycles. The Kier molecular flexibility index (Phi) is 3.57. The Morgan fingerprint density at radius 2 is 2.00 bits per heavy atom. The third-order valence-electron chi connectivity index (χ3n) is 3.24. The molecule has 1 fully saturated rings. The van der Waals surface area contributed by atoms with Gasteiger partial charge in [0, 0.05) is 18.5 Å². The molecule has 0 bridgehead atoms. The van der Waals surface area contributed by atoms with Crippen molar-refractivity contribution in [1.82, 2.24) is 4.90 Å². The van der Waals surface area contributed by atoms with Gasteiger partial charge in [-0.15, -0.1) is 0 Å². The van der Waals surface area contributed by atoms with Crippen LogP contribution in [-0.2, 0) is 4.79 Å². The van der Waals surface area contributed by atoms with Crippen molar-refractivity contribution < 1.29 is 9.59 Å². The third kappa shape index (κ3) is 2.38. The van der Waals surface area contributed by atoms with Crippen molar-refractivity contribution in [3.63, 3.8) is 0 Å². The summed E-state index contributed by atoms with van der Waals surface area (Å²) in [6, 6.07) is 8.98. The van der Waals surface area contributed by atoms with Gasteiger partial charge in [0.1, 0.15) is 0 Å². The van der Waals surface area contributed by atoms with Crippen molar-refractivity contribution >= 4 is 11.7 Å². The van der Waals surface area contributed by atoms with Crippen LogP contribution < -0.4 is 0 Å². The zero-order valence-electron chi connectivity index (χ0n) is 10.1. The molecular formula is C14H17NO2. The Hall–Kier alpha value is -1.64. The first-order valence-corrected chi connectivity index (χ1v) is 6.12. The minimum absolute atomic E-state index is 0.0740. The van der Waals surface area contributed by atoms with Gasteiger partial charge in [-0.3, -0.25) is 9.59 Å². The molecule has 0 radical (unpaired) electrons. The van der Waals surface area contributed by atoms with Crippen LogP contribution in [0.4, 0.5) is 0 Å². The summed E-state index contributed by atoms with van der Waals surface area (Å²) in [4.78, 5) is 25.7. The lowest BCUT2D eigenvalue weighted by molar-refractivity contribution is -0.131. The SMILES string of the molecule is CCC(=O)N1CCCC1C(=O)c1ccccc1. The fraction of sp³-hybridized carbons (Fsp3) is 0.429. The van der Waals surface area contributed by atoms with Crippen LogP contribution in [-0.4, -0.2) is 29.2 Å². The van der Waals surface area contributed by atoms with E-state index in [1.165, 1.54) is 0 Å². The normalized spacial score (nSPS) is 19.4. The molecule has 1 aromatic rings. The highest BCUT2D eigenvalue weighted by molar-refractivity contribution is 6.02. The van der Waals surface area contributed by atoms with Crippen molar-refractivity contribution in [3.05, 3.63) is 35.9 Å². The first-order valence-electron chi connectivity index (χ1n) is 6.12. The van der Waals surface area contributed by atoms with E-state index in [0.29, 0.717) is 12.0 Å². The fourth-order valence-corrected chi connectivity index (χ4v) is 2.34. The summed E-state index contributed by atoms with van der Waals surface area (Å²) in [5.74, 6) is 0.154. The molecular weight excluding hydrogens is 214 g/mol. The molecule has 1 unspecified atom stereocenters. The standard InChI is InChI=1S/C14H17NO2/c1-2-13(16)15-10-6-9-12(15)14(17)11-7-4-3-5-8-11/h3-5,7-8,12H,2,6,9-10H2,1H3. The number of hydrogen-bond donors (Lipinski definition) is 0. The summed E-state index contributed by atoms with van der Waals surface area (Å²) in [7, 11) is 0. The van der Waals surface area contributed by atoms with Crippen LogP contribution >= 0.6 is 0 Å². The Labute approximate surface area is 101 Å². The second-order valence-electron chi connectivity index (χ2n) is 4.33. The highest BCUT2D eigenvalue weighted by Crippen LogP contribution is 2.21. The van der Waals surface area contributed by atoms with E-state index in [2.05, 4.69) is 0 Å². The number of Topliss-reactive ketones (excluding diaryl/α,β-unsaturated/α-hetero) is 1. The molecule has 1 aliphatic rings. The lowest BCUT2D eigenvalue weighted by atomic mass is 10.0. The number of amides is 1. The van der Waals surface area contributed by atoms with E-state index in [9.17, 15) is 9.59 Å². The van der Waals surface area contributed by atoms with Crippen LogP contribution in [0.25, 0.3) is 0 Å². The predicted octanol–water partition coefficient (Wildman–Crippen LogP) is 2.27. The number of likely N-dealkylation sites (tertiary alicyclic amines) is 1. The number of benzene rings is 1. The monoisotopic (exact) mass is 231 g/mol. The number of carbonyl (C=O) groups is 2. The lowest BCUT2D eigenvalue weighted by Gasteiger charge is -2.23. The van der Waals surface area contributed by atoms with Crippen molar-refractivity contribution in [2.24, 2.45) is 0 Å². The molecule has 3 heteroatoms. The molecule has 1 aliphatic heterocycles. The number of ketones is 1. The smallest absolute Gasteiger partial charge is 0.222 e. The lowest BCUT2D eigenvalue weighted by Crippen LogP contribution is -2.40. The van der Waals surface area contributed by atoms with Gasteiger partial charge < -0.3 is 4.90 Å². The number of carbonyl (C=O) groups excluding carboxylic acids is 2. The molecule has 0 N–H and O–H groups in total. The molecule has 0 spiro atoms. The summed E-state index contributed by atoms with van der Waals surface area (Å²) in [6.45, 7) is 2.56. The minimum atomic E-state index is -0.246. The number of rotatable bonds is 3. The largest absolute Gasteiger partial charge is 0.332 e. The quantitative estimate of drug-likeness (QED) is 0.748. The van der Waals surface area contributed by atoms with E-state index in [-0.39, 0.29) is 17.7 Å². The van der Waals surface area contributed by atoms with Gasteiger partial charge in [0.05, 0.1) is 6.04 Å². The summed E-state index contributed by atoms with van der Waals surface area (Å²) < 4.78 is 0. The summed E-state index contributed by atoms with van der Waals surface area (Å²) >= 11 is 0. The van der Waals surface area contributed by atoms with Crippen LogP contribution in [0.2, 0.25) is 0 Å². The Bertz CT molecular complexity index is 413. The Morgan fingerprint density at radius 3 is 2.65 bits per heavy atom. The van der Waals surface area contributed by atoms with E-state index in [1.54, 1.807) is 4.90 Å². The second kappa shape index (κ2) is 5.13. The predicted molar refractivity (Wildman–Crippen MR) is 65.8 cm³/mol. The summed E-state index contributed by atoms with van der Waals surface area (Å²) in [6.07, 6.45) is 2.19. The second-order valence-corrected chi connectivity index (χ2v) is 4.33. The average molecular weight is 231 g/mol. The van der Waals surface area contributed by atoms with Crippen molar-refractivity contribution in [2.75, 3.05) is 6.54 Å². The van der Waals surface area contributed by atoms with Crippen molar-refractivity contribution in [3.8, 4) is 0 Å². The maximum Gasteiger partial charge on any atom is 0.222 e. The molecule has 1 saturated heterocycles. The minimum Gasteiger partial charge on any atom is -0.332 e. The van der Waals surface area contributed by atoms with Gasteiger partial charge in [0.15, 0.2) is 5.78 Å². The van der Waals surface area contributed by atoms with Gasteiger partial charge in [-0.05, 0) is 12.8 Å². The number of nitrogens with zero attached hydrogens (tertiary/aromatic N) is 1. The zero-order chi connectivity index (χ0) is 12.3. The van der Waals surface area contributed by atoms with Crippen molar-refractivity contribution in [1.29, 1.82) is 0 Å². The molecule has 2 rings (SSSR count). The van der Waals surface area contributed by atoms with Gasteiger partial charge in [0.25, 0.3) is 0 Å². The van der Waals surface area contributed by atoms with Gasteiger partial charge in [-0.25, -0.2) is 0 Å². The molecule has 90 valence electrons. The van der Waals surface area contributed by atoms with E-state index < -0.39 is 0 Å². The van der Waals surface area contributed by atoms with E-state index in [1.807, 2.05) is 37.3 Å². The van der Waals surface area contributed by atoms with Crippen LogP contribution in [0.15, 0.2) is 30.3 Å². The Balaban J connectivity index is 2.17. The highest BCUT2D eigenvalue weighted by Gasteiger charge is 2.33. The molecule has 1 atom stereocenters. The first-order chi connectivity index (χ1) is 8.24. The maximum atomic E-state index is 12.3. The summed E-state index contributed by atoms with van der Waals surface area (Å²) in [5, 5.41) is 0. The topological polar surface area (TPSA) is 37.4 Å². The average Bonchev–Trinajstić information content (AvgIpc) is 2.87. The van der Waals surface area contributed by atoms with Crippen LogP contribution in [0.5, 0.6) is 0 Å². The van der Waals surface area contributed by atoms with Crippen LogP contribution in [0.3, 0.4) is 0 Å². The van der Waals surface area contributed by atoms with Crippen LogP contribution in [0, 0.1) is 0 Å². The molecule has 0 saturated carbocycles. The number of hydrogen-bond acceptors (Lipinski definition) is 2. The fourth-order valence-electron chi connectivity index (χ4n) is 2.34. The van der Waals surface area contributed by atoms with E-state index in [0.717, 1.165) is 19.4 Å². The Morgan fingerprint density at radius 1 is 1.29 bits per heavy atom. The molecule has 1 amide bonds. The molecule has 1 heterocycles. The van der Waals surface area contributed by atoms with Crippen molar-refractivity contribution in [2.45, 2.75) is 32.2 Å². The highest BCUT2D eigenvalue weighted by atomic mass is 16.2. The van der Waals surface area contributed by atoms with Gasteiger partial charge in [0.2, 0.25) is 5.91 Å². The van der Waals surface area contributed by atoms with Gasteiger partial charge >= 0.3 is 0 Å². The zero-order valence-corrected chi connectivity index (χ0v) is 10.1. The van der Waals surface area contributed by atoms with E-state index >= 15 is 0 Å².